The molecule has 1 fully saturated rings. The fraction of sp³-hybridized carbons (Fsp3) is 0.333. The van der Waals surface area contributed by atoms with E-state index in [0.29, 0.717) is 13.1 Å². The molecule has 8 heteroatoms. The zero-order chi connectivity index (χ0) is 14.7. The van der Waals surface area contributed by atoms with Gasteiger partial charge in [0.2, 0.25) is 5.91 Å². The first-order valence-electron chi connectivity index (χ1n) is 6.01. The van der Waals surface area contributed by atoms with E-state index >= 15 is 0 Å². The van der Waals surface area contributed by atoms with Crippen LogP contribution in [0.15, 0.2) is 18.3 Å². The monoisotopic (exact) mass is 278 g/mol. The van der Waals surface area contributed by atoms with Crippen molar-refractivity contribution in [2.24, 2.45) is 5.73 Å². The number of carbonyl (C=O) groups is 3. The summed E-state index contributed by atoms with van der Waals surface area (Å²) in [4.78, 5) is 39.7. The van der Waals surface area contributed by atoms with Gasteiger partial charge < -0.3 is 21.1 Å². The van der Waals surface area contributed by atoms with Crippen LogP contribution in [0, 0.1) is 0 Å². The van der Waals surface area contributed by atoms with Crippen LogP contribution in [0.5, 0.6) is 0 Å². The van der Waals surface area contributed by atoms with Gasteiger partial charge in [0.05, 0.1) is 12.0 Å². The summed E-state index contributed by atoms with van der Waals surface area (Å²) in [5.41, 5.74) is 5.44. The maximum atomic E-state index is 11.8. The van der Waals surface area contributed by atoms with Gasteiger partial charge in [-0.15, -0.1) is 0 Å². The number of piperazine rings is 1. The molecule has 1 aromatic rings. The van der Waals surface area contributed by atoms with Crippen molar-refractivity contribution in [3.8, 4) is 0 Å². The summed E-state index contributed by atoms with van der Waals surface area (Å²) in [7, 11) is 0. The van der Waals surface area contributed by atoms with E-state index < -0.39 is 23.8 Å². The third-order valence-electron chi connectivity index (χ3n) is 3.02. The van der Waals surface area contributed by atoms with Gasteiger partial charge in [0.1, 0.15) is 11.9 Å². The molecule has 0 radical (unpaired) electrons. The molecule has 2 amide bonds. The molecule has 20 heavy (non-hydrogen) atoms. The lowest BCUT2D eigenvalue weighted by atomic mass is 10.1. The van der Waals surface area contributed by atoms with E-state index in [2.05, 4.69) is 10.3 Å². The number of hydrogen-bond acceptors (Lipinski definition) is 5. The highest BCUT2D eigenvalue weighted by Crippen LogP contribution is 2.22. The Bertz CT molecular complexity index is 560. The number of amides is 2. The molecule has 1 saturated heterocycles. The van der Waals surface area contributed by atoms with Crippen LogP contribution in [0.4, 0.5) is 5.82 Å². The summed E-state index contributed by atoms with van der Waals surface area (Å²) in [6, 6.07) is 2.14. The second-order valence-electron chi connectivity index (χ2n) is 4.34. The van der Waals surface area contributed by atoms with Gasteiger partial charge in [0, 0.05) is 19.3 Å². The second-order valence-corrected chi connectivity index (χ2v) is 4.34. The van der Waals surface area contributed by atoms with Crippen LogP contribution < -0.4 is 16.0 Å². The van der Waals surface area contributed by atoms with Crippen LogP contribution >= 0.6 is 0 Å². The lowest BCUT2D eigenvalue weighted by Crippen LogP contribution is -2.56. The number of aliphatic carboxylic acids is 1. The molecule has 0 aromatic carbocycles. The van der Waals surface area contributed by atoms with E-state index in [-0.39, 0.29) is 17.8 Å². The van der Waals surface area contributed by atoms with E-state index in [1.54, 1.807) is 6.07 Å². The summed E-state index contributed by atoms with van der Waals surface area (Å²) in [6.45, 7) is 0.713. The van der Waals surface area contributed by atoms with Crippen LogP contribution in [-0.2, 0) is 9.59 Å². The molecule has 1 aliphatic heterocycles. The number of hydrogen-bond donors (Lipinski definition) is 3. The highest BCUT2D eigenvalue weighted by atomic mass is 16.4. The first kappa shape index (κ1) is 13.8. The molecular formula is C12H14N4O4. The van der Waals surface area contributed by atoms with Crippen LogP contribution in [0.3, 0.4) is 0 Å². The highest BCUT2D eigenvalue weighted by molar-refractivity contribution is 5.99. The van der Waals surface area contributed by atoms with E-state index in [4.69, 9.17) is 10.8 Å². The Morgan fingerprint density at radius 1 is 1.55 bits per heavy atom. The molecule has 2 rings (SSSR count). The van der Waals surface area contributed by atoms with Crippen molar-refractivity contribution < 1.29 is 19.5 Å². The minimum Gasteiger partial charge on any atom is -0.481 e. The number of carboxylic acid groups (broad SMARTS) is 1. The minimum absolute atomic E-state index is 0.164. The quantitative estimate of drug-likeness (QED) is 0.646. The van der Waals surface area contributed by atoms with Crippen molar-refractivity contribution in [3.63, 3.8) is 0 Å². The van der Waals surface area contributed by atoms with Crippen molar-refractivity contribution in [3.05, 3.63) is 23.9 Å². The largest absolute Gasteiger partial charge is 0.481 e. The van der Waals surface area contributed by atoms with Crippen molar-refractivity contribution in [1.29, 1.82) is 0 Å². The molecule has 2 heterocycles. The molecule has 1 aromatic heterocycles. The van der Waals surface area contributed by atoms with Crippen molar-refractivity contribution >= 4 is 23.6 Å². The van der Waals surface area contributed by atoms with Crippen molar-refractivity contribution in [2.45, 2.75) is 12.5 Å². The van der Waals surface area contributed by atoms with Crippen molar-refractivity contribution in [1.82, 2.24) is 10.3 Å². The fourth-order valence-electron chi connectivity index (χ4n) is 2.15. The van der Waals surface area contributed by atoms with Gasteiger partial charge in [-0.1, -0.05) is 0 Å². The number of nitrogens with one attached hydrogen (secondary N) is 1. The molecule has 8 nitrogen and oxygen atoms in total. The number of aromatic nitrogens is 1. The molecule has 1 unspecified atom stereocenters. The standard InChI is InChI=1S/C12H14N4O4/c13-10(19)7-2-1-3-14-11(7)16-5-4-15-12(20)8(16)6-9(17)18/h1-3,8H,4-6H2,(H2,13,19)(H,15,20)(H,17,18). The maximum Gasteiger partial charge on any atom is 0.305 e. The van der Waals surface area contributed by atoms with E-state index in [1.165, 1.54) is 17.2 Å². The van der Waals surface area contributed by atoms with E-state index in [1.807, 2.05) is 0 Å². The lowest BCUT2D eigenvalue weighted by molar-refractivity contribution is -0.139. The number of rotatable bonds is 4. The number of primary amides is 1. The number of nitrogens with zero attached hydrogens (tertiary/aromatic N) is 2. The number of nitrogens with two attached hydrogens (primary N) is 1. The molecule has 0 bridgehead atoms. The third kappa shape index (κ3) is 2.68. The molecular weight excluding hydrogens is 264 g/mol. The summed E-state index contributed by atoms with van der Waals surface area (Å²) in [5, 5.41) is 11.5. The third-order valence-corrected chi connectivity index (χ3v) is 3.02. The van der Waals surface area contributed by atoms with Gasteiger partial charge in [-0.25, -0.2) is 4.98 Å². The summed E-state index contributed by atoms with van der Waals surface area (Å²) >= 11 is 0. The average molecular weight is 278 g/mol. The zero-order valence-corrected chi connectivity index (χ0v) is 10.6. The summed E-state index contributed by atoms with van der Waals surface area (Å²) in [5.74, 6) is -1.94. The summed E-state index contributed by atoms with van der Waals surface area (Å²) < 4.78 is 0. The Hall–Kier alpha value is -2.64. The summed E-state index contributed by atoms with van der Waals surface area (Å²) in [6.07, 6.45) is 1.09. The minimum atomic E-state index is -1.10. The van der Waals surface area contributed by atoms with Gasteiger partial charge in [0.15, 0.2) is 0 Å². The van der Waals surface area contributed by atoms with Crippen LogP contribution in [0.25, 0.3) is 0 Å². The Morgan fingerprint density at radius 2 is 2.30 bits per heavy atom. The zero-order valence-electron chi connectivity index (χ0n) is 10.6. The van der Waals surface area contributed by atoms with Gasteiger partial charge in [-0.2, -0.15) is 0 Å². The normalized spacial score (nSPS) is 18.5. The molecule has 4 N–H and O–H groups in total. The molecule has 0 spiro atoms. The first-order chi connectivity index (χ1) is 9.50. The highest BCUT2D eigenvalue weighted by Gasteiger charge is 2.34. The number of carbonyl (C=O) groups excluding carboxylic acids is 2. The lowest BCUT2D eigenvalue weighted by Gasteiger charge is -2.35. The smallest absolute Gasteiger partial charge is 0.305 e. The number of pyridine rings is 1. The van der Waals surface area contributed by atoms with E-state index in [9.17, 15) is 14.4 Å². The molecule has 1 aliphatic rings. The van der Waals surface area contributed by atoms with Crippen molar-refractivity contribution in [2.75, 3.05) is 18.0 Å². The Morgan fingerprint density at radius 3 is 2.95 bits per heavy atom. The maximum absolute atomic E-state index is 11.8. The average Bonchev–Trinajstić information content (AvgIpc) is 2.40. The predicted molar refractivity (Wildman–Crippen MR) is 69.2 cm³/mol. The Kier molecular flexibility index (Phi) is 3.83. The van der Waals surface area contributed by atoms with Gasteiger partial charge >= 0.3 is 5.97 Å². The fourth-order valence-corrected chi connectivity index (χ4v) is 2.15. The Labute approximate surface area is 114 Å². The predicted octanol–water partition coefficient (Wildman–Crippen LogP) is -1.04. The van der Waals surface area contributed by atoms with E-state index in [0.717, 1.165) is 0 Å². The van der Waals surface area contributed by atoms with Gasteiger partial charge in [-0.05, 0) is 12.1 Å². The molecule has 1 atom stereocenters. The second kappa shape index (κ2) is 5.55. The first-order valence-corrected chi connectivity index (χ1v) is 6.01. The SMILES string of the molecule is NC(=O)c1cccnc1N1CCNC(=O)C1CC(=O)O. The van der Waals surface area contributed by atoms with Crippen LogP contribution in [-0.4, -0.2) is 47.0 Å². The Balaban J connectivity index is 2.40. The number of anilines is 1. The topological polar surface area (TPSA) is 126 Å². The molecule has 106 valence electrons. The number of carboxylic acids is 1. The molecule has 0 saturated carbocycles. The molecule has 0 aliphatic carbocycles. The van der Waals surface area contributed by atoms with Crippen LogP contribution in [0.1, 0.15) is 16.8 Å². The van der Waals surface area contributed by atoms with Crippen LogP contribution in [0.2, 0.25) is 0 Å². The van der Waals surface area contributed by atoms with Gasteiger partial charge in [0.25, 0.3) is 5.91 Å². The van der Waals surface area contributed by atoms with Gasteiger partial charge in [-0.3, -0.25) is 14.4 Å².